The second-order valence-electron chi connectivity index (χ2n) is 6.98. The van der Waals surface area contributed by atoms with Crippen LogP contribution in [0.1, 0.15) is 78.1 Å². The summed E-state index contributed by atoms with van der Waals surface area (Å²) in [5.74, 6) is 1.26. The van der Waals surface area contributed by atoms with E-state index in [0.29, 0.717) is 17.4 Å². The number of hydrogen-bond donors (Lipinski definition) is 2. The van der Waals surface area contributed by atoms with Gasteiger partial charge in [-0.1, -0.05) is 42.6 Å². The number of aromatic nitrogens is 2. The van der Waals surface area contributed by atoms with Gasteiger partial charge in [0.15, 0.2) is 5.82 Å². The number of rotatable bonds is 5. The van der Waals surface area contributed by atoms with E-state index in [2.05, 4.69) is 20.8 Å². The molecule has 1 aromatic heterocycles. The molecule has 1 fully saturated rings. The van der Waals surface area contributed by atoms with Crippen LogP contribution in [0.4, 0.5) is 0 Å². The minimum atomic E-state index is -0.292. The molecule has 2 N–H and O–H groups in total. The molecule has 2 aromatic rings. The smallest absolute Gasteiger partial charge is 0.252 e. The minimum Gasteiger partial charge on any atom is -0.347 e. The first kappa shape index (κ1) is 16.8. The Hall–Kier alpha value is -2.70. The van der Waals surface area contributed by atoms with E-state index in [0.717, 1.165) is 24.2 Å². The summed E-state index contributed by atoms with van der Waals surface area (Å²) in [5.41, 5.74) is 1.50. The molecule has 1 aliphatic heterocycles. The van der Waals surface area contributed by atoms with Gasteiger partial charge < -0.3 is 15.2 Å². The number of benzene rings is 1. The molecule has 7 nitrogen and oxygen atoms in total. The third kappa shape index (κ3) is 3.47. The molecule has 1 atom stereocenters. The SMILES string of the molecule is O=C(C[C@@H]1NC(=O)c2ccccc21)NCc1nc(C2CCCCC2)no1. The number of carbonyl (C=O) groups excluding carboxylic acids is 2. The van der Waals surface area contributed by atoms with Crippen LogP contribution < -0.4 is 10.6 Å². The molecule has 0 unspecified atom stereocenters. The van der Waals surface area contributed by atoms with Crippen LogP contribution in [-0.4, -0.2) is 22.0 Å². The van der Waals surface area contributed by atoms with Crippen LogP contribution in [0, 0.1) is 0 Å². The van der Waals surface area contributed by atoms with Crippen LogP contribution in [0.5, 0.6) is 0 Å². The van der Waals surface area contributed by atoms with E-state index in [1.54, 1.807) is 6.07 Å². The Kier molecular flexibility index (Phi) is 4.69. The number of hydrogen-bond acceptors (Lipinski definition) is 5. The second-order valence-corrected chi connectivity index (χ2v) is 6.98. The standard InChI is InChI=1S/C19H22N4O3/c24-16(10-15-13-8-4-5-9-14(13)19(25)21-15)20-11-17-22-18(23-26-17)12-6-2-1-3-7-12/h4-5,8-9,12,15H,1-3,6-7,10-11H2,(H,20,24)(H,21,25)/t15-/m0/s1. The molecule has 2 aliphatic rings. The lowest BCUT2D eigenvalue weighted by atomic mass is 9.89. The fraction of sp³-hybridized carbons (Fsp3) is 0.474. The predicted octanol–water partition coefficient (Wildman–Crippen LogP) is 2.61. The van der Waals surface area contributed by atoms with Gasteiger partial charge in [-0.2, -0.15) is 4.98 Å². The van der Waals surface area contributed by atoms with E-state index in [-0.39, 0.29) is 30.8 Å². The predicted molar refractivity (Wildman–Crippen MR) is 93.2 cm³/mol. The maximum Gasteiger partial charge on any atom is 0.252 e. The van der Waals surface area contributed by atoms with Crippen molar-refractivity contribution in [3.63, 3.8) is 0 Å². The molecular formula is C19H22N4O3. The summed E-state index contributed by atoms with van der Waals surface area (Å²) in [6.45, 7) is 0.209. The van der Waals surface area contributed by atoms with Crippen molar-refractivity contribution in [2.45, 2.75) is 57.0 Å². The summed E-state index contributed by atoms with van der Waals surface area (Å²) in [6.07, 6.45) is 6.09. The fourth-order valence-electron chi connectivity index (χ4n) is 3.78. The second kappa shape index (κ2) is 7.27. The summed E-state index contributed by atoms with van der Waals surface area (Å²) in [6, 6.07) is 7.04. The molecule has 0 saturated heterocycles. The van der Waals surface area contributed by atoms with Gasteiger partial charge in [0, 0.05) is 11.5 Å². The van der Waals surface area contributed by atoms with E-state index in [1.807, 2.05) is 18.2 Å². The summed E-state index contributed by atoms with van der Waals surface area (Å²) in [4.78, 5) is 28.6. The Morgan fingerprint density at radius 3 is 2.88 bits per heavy atom. The van der Waals surface area contributed by atoms with Crippen LogP contribution in [-0.2, 0) is 11.3 Å². The number of carbonyl (C=O) groups is 2. The lowest BCUT2D eigenvalue weighted by Crippen LogP contribution is -2.28. The largest absolute Gasteiger partial charge is 0.347 e. The van der Waals surface area contributed by atoms with Gasteiger partial charge in [-0.15, -0.1) is 0 Å². The molecule has 26 heavy (non-hydrogen) atoms. The highest BCUT2D eigenvalue weighted by molar-refractivity contribution is 5.99. The van der Waals surface area contributed by atoms with Gasteiger partial charge in [0.1, 0.15) is 0 Å². The molecule has 0 radical (unpaired) electrons. The van der Waals surface area contributed by atoms with Gasteiger partial charge in [-0.25, -0.2) is 0 Å². The average Bonchev–Trinajstić information content (AvgIpc) is 3.27. The van der Waals surface area contributed by atoms with Crippen LogP contribution in [0.25, 0.3) is 0 Å². The van der Waals surface area contributed by atoms with Crippen LogP contribution >= 0.6 is 0 Å². The summed E-state index contributed by atoms with van der Waals surface area (Å²) >= 11 is 0. The molecule has 0 spiro atoms. The van der Waals surface area contributed by atoms with E-state index in [1.165, 1.54) is 19.3 Å². The summed E-state index contributed by atoms with van der Waals surface area (Å²) < 4.78 is 5.27. The van der Waals surface area contributed by atoms with Gasteiger partial charge >= 0.3 is 0 Å². The Morgan fingerprint density at radius 2 is 2.04 bits per heavy atom. The van der Waals surface area contributed by atoms with Crippen molar-refractivity contribution in [3.8, 4) is 0 Å². The zero-order chi connectivity index (χ0) is 17.9. The highest BCUT2D eigenvalue weighted by Gasteiger charge is 2.29. The van der Waals surface area contributed by atoms with Gasteiger partial charge in [-0.3, -0.25) is 9.59 Å². The first-order chi connectivity index (χ1) is 12.7. The molecule has 2 amide bonds. The first-order valence-electron chi connectivity index (χ1n) is 9.19. The van der Waals surface area contributed by atoms with E-state index >= 15 is 0 Å². The first-order valence-corrected chi connectivity index (χ1v) is 9.19. The van der Waals surface area contributed by atoms with Crippen molar-refractivity contribution in [3.05, 3.63) is 47.1 Å². The van der Waals surface area contributed by atoms with Crippen molar-refractivity contribution in [2.24, 2.45) is 0 Å². The Labute approximate surface area is 151 Å². The Morgan fingerprint density at radius 1 is 1.23 bits per heavy atom. The molecule has 0 bridgehead atoms. The Bertz CT molecular complexity index is 811. The number of fused-ring (bicyclic) bond motifs is 1. The van der Waals surface area contributed by atoms with Gasteiger partial charge in [0.05, 0.1) is 19.0 Å². The maximum atomic E-state index is 12.2. The highest BCUT2D eigenvalue weighted by atomic mass is 16.5. The number of amides is 2. The molecule has 1 aliphatic carbocycles. The third-order valence-electron chi connectivity index (χ3n) is 5.17. The van der Waals surface area contributed by atoms with Crippen molar-refractivity contribution < 1.29 is 14.1 Å². The van der Waals surface area contributed by atoms with Gasteiger partial charge in [0.25, 0.3) is 5.91 Å². The van der Waals surface area contributed by atoms with E-state index < -0.39 is 0 Å². The normalized spacial score (nSPS) is 19.8. The van der Waals surface area contributed by atoms with Crippen LogP contribution in [0.15, 0.2) is 28.8 Å². The molecule has 7 heteroatoms. The van der Waals surface area contributed by atoms with Gasteiger partial charge in [-0.05, 0) is 24.5 Å². The zero-order valence-electron chi connectivity index (χ0n) is 14.5. The lowest BCUT2D eigenvalue weighted by Gasteiger charge is -2.17. The zero-order valence-corrected chi connectivity index (χ0v) is 14.5. The van der Waals surface area contributed by atoms with Crippen molar-refractivity contribution in [1.29, 1.82) is 0 Å². The molecule has 1 aromatic carbocycles. The van der Waals surface area contributed by atoms with E-state index in [4.69, 9.17) is 4.52 Å². The quantitative estimate of drug-likeness (QED) is 0.860. The molecule has 2 heterocycles. The third-order valence-corrected chi connectivity index (χ3v) is 5.17. The topological polar surface area (TPSA) is 97.1 Å². The van der Waals surface area contributed by atoms with E-state index in [9.17, 15) is 9.59 Å². The van der Waals surface area contributed by atoms with Crippen LogP contribution in [0.2, 0.25) is 0 Å². The molecule has 4 rings (SSSR count). The highest BCUT2D eigenvalue weighted by Crippen LogP contribution is 2.31. The molecule has 1 saturated carbocycles. The molecule has 136 valence electrons. The summed E-state index contributed by atoms with van der Waals surface area (Å²) in [5, 5.41) is 9.71. The lowest BCUT2D eigenvalue weighted by molar-refractivity contribution is -0.121. The number of nitrogens with one attached hydrogen (secondary N) is 2. The number of nitrogens with zero attached hydrogens (tertiary/aromatic N) is 2. The minimum absolute atomic E-state index is 0.132. The fourth-order valence-corrected chi connectivity index (χ4v) is 3.78. The monoisotopic (exact) mass is 354 g/mol. The maximum absolute atomic E-state index is 12.2. The van der Waals surface area contributed by atoms with Crippen molar-refractivity contribution in [2.75, 3.05) is 0 Å². The van der Waals surface area contributed by atoms with Crippen molar-refractivity contribution in [1.82, 2.24) is 20.8 Å². The van der Waals surface area contributed by atoms with Crippen molar-refractivity contribution >= 4 is 11.8 Å². The molecular weight excluding hydrogens is 332 g/mol. The van der Waals surface area contributed by atoms with Gasteiger partial charge in [0.2, 0.25) is 11.8 Å². The average molecular weight is 354 g/mol. The summed E-state index contributed by atoms with van der Waals surface area (Å²) in [7, 11) is 0. The van der Waals surface area contributed by atoms with Crippen LogP contribution in [0.3, 0.4) is 0 Å². The Balaban J connectivity index is 1.31.